The Morgan fingerprint density at radius 2 is 2.00 bits per heavy atom. The first-order valence-corrected chi connectivity index (χ1v) is 10.9. The number of piperidine rings is 1. The van der Waals surface area contributed by atoms with Crippen LogP contribution in [0.15, 0.2) is 42.5 Å². The van der Waals surface area contributed by atoms with Gasteiger partial charge in [-0.3, -0.25) is 4.79 Å². The number of methoxy groups -OCH3 is 1. The van der Waals surface area contributed by atoms with E-state index in [4.69, 9.17) is 14.2 Å². The van der Waals surface area contributed by atoms with Gasteiger partial charge in [-0.05, 0) is 50.0 Å². The van der Waals surface area contributed by atoms with E-state index in [0.29, 0.717) is 13.0 Å². The zero-order valence-corrected chi connectivity index (χ0v) is 17.5. The van der Waals surface area contributed by atoms with Gasteiger partial charge in [0, 0.05) is 18.0 Å². The van der Waals surface area contributed by atoms with E-state index in [9.17, 15) is 4.79 Å². The summed E-state index contributed by atoms with van der Waals surface area (Å²) in [6, 6.07) is 14.7. The fourth-order valence-corrected chi connectivity index (χ4v) is 6.74. The molecule has 0 amide bonds. The van der Waals surface area contributed by atoms with E-state index < -0.39 is 17.1 Å². The zero-order valence-electron chi connectivity index (χ0n) is 17.5. The van der Waals surface area contributed by atoms with Gasteiger partial charge in [0.15, 0.2) is 23.4 Å². The first-order chi connectivity index (χ1) is 14.6. The number of rotatable bonds is 4. The van der Waals surface area contributed by atoms with Crippen LogP contribution < -0.4 is 9.47 Å². The van der Waals surface area contributed by atoms with E-state index in [-0.39, 0.29) is 11.8 Å². The molecule has 0 aromatic heterocycles. The minimum atomic E-state index is -0.483. The van der Waals surface area contributed by atoms with E-state index in [1.807, 2.05) is 24.3 Å². The van der Waals surface area contributed by atoms with Crippen molar-refractivity contribution >= 4 is 5.78 Å². The summed E-state index contributed by atoms with van der Waals surface area (Å²) < 4.78 is 19.1. The molecule has 156 valence electrons. The minimum Gasteiger partial charge on any atom is -0.493 e. The highest BCUT2D eigenvalue weighted by Crippen LogP contribution is 2.66. The van der Waals surface area contributed by atoms with Crippen molar-refractivity contribution in [1.82, 2.24) is 4.90 Å². The van der Waals surface area contributed by atoms with Crippen LogP contribution >= 0.6 is 0 Å². The molecule has 1 spiro atoms. The van der Waals surface area contributed by atoms with Gasteiger partial charge in [-0.1, -0.05) is 36.4 Å². The fraction of sp³-hybridized carbons (Fsp3) is 0.480. The maximum absolute atomic E-state index is 13.2. The number of ether oxygens (including phenoxy) is 3. The second kappa shape index (κ2) is 6.32. The Kier molecular flexibility index (Phi) is 3.87. The molecule has 2 aromatic carbocycles. The Balaban J connectivity index is 1.55. The smallest absolute Gasteiger partial charge is 0.174 e. The molecule has 4 atom stereocenters. The second-order valence-corrected chi connectivity index (χ2v) is 9.18. The first kappa shape index (κ1) is 18.4. The summed E-state index contributed by atoms with van der Waals surface area (Å²) in [5.41, 5.74) is 2.73. The number of carbonyl (C=O) groups excluding carboxylic acids is 1. The highest BCUT2D eigenvalue weighted by molar-refractivity contribution is 5.90. The zero-order chi connectivity index (χ0) is 20.5. The van der Waals surface area contributed by atoms with Crippen molar-refractivity contribution < 1.29 is 19.0 Å². The lowest BCUT2D eigenvalue weighted by atomic mass is 9.49. The van der Waals surface area contributed by atoms with Crippen LogP contribution in [-0.2, 0) is 28.0 Å². The van der Waals surface area contributed by atoms with Crippen molar-refractivity contribution in [3.63, 3.8) is 0 Å². The van der Waals surface area contributed by atoms with Crippen LogP contribution in [0.5, 0.6) is 11.5 Å². The molecule has 0 N–H and O–H groups in total. The predicted octanol–water partition coefficient (Wildman–Crippen LogP) is 3.27. The Hall–Kier alpha value is -2.37. The minimum absolute atomic E-state index is 0.198. The Morgan fingerprint density at radius 3 is 2.80 bits per heavy atom. The molecular weight excluding hydrogens is 378 g/mol. The quantitative estimate of drug-likeness (QED) is 0.781. The van der Waals surface area contributed by atoms with Crippen LogP contribution in [0.1, 0.15) is 36.0 Å². The SMILES string of the molecule is COc1ccc2c3c1OC1C(=O)CC[C@@]4(OCc5ccccc5)[C@@H](C2)N(C)CC[C@]314. The molecule has 30 heavy (non-hydrogen) atoms. The lowest BCUT2D eigenvalue weighted by molar-refractivity contribution is -0.215. The number of hydrogen-bond donors (Lipinski definition) is 0. The third kappa shape index (κ3) is 2.12. The first-order valence-electron chi connectivity index (χ1n) is 10.9. The van der Waals surface area contributed by atoms with Gasteiger partial charge in [0.25, 0.3) is 0 Å². The van der Waals surface area contributed by atoms with E-state index in [2.05, 4.69) is 30.1 Å². The molecule has 2 heterocycles. The molecule has 1 saturated heterocycles. The topological polar surface area (TPSA) is 48.0 Å². The van der Waals surface area contributed by atoms with Crippen molar-refractivity contribution in [3.8, 4) is 11.5 Å². The number of ketones is 1. The number of benzene rings is 2. The summed E-state index contributed by atoms with van der Waals surface area (Å²) in [6.45, 7) is 1.48. The molecule has 5 nitrogen and oxygen atoms in total. The number of nitrogens with zero attached hydrogens (tertiary/aromatic N) is 1. The molecule has 6 rings (SSSR count). The summed E-state index contributed by atoms with van der Waals surface area (Å²) in [5.74, 6) is 1.69. The summed E-state index contributed by atoms with van der Waals surface area (Å²) in [5, 5.41) is 0. The molecule has 1 saturated carbocycles. The predicted molar refractivity (Wildman–Crippen MR) is 112 cm³/mol. The Bertz CT molecular complexity index is 1020. The van der Waals surface area contributed by atoms with Crippen molar-refractivity contribution in [2.75, 3.05) is 20.7 Å². The van der Waals surface area contributed by atoms with Crippen molar-refractivity contribution in [3.05, 3.63) is 59.2 Å². The molecule has 2 fully saturated rings. The monoisotopic (exact) mass is 405 g/mol. The molecule has 2 aliphatic carbocycles. The summed E-state index contributed by atoms with van der Waals surface area (Å²) in [6.07, 6.45) is 2.52. The maximum atomic E-state index is 13.2. The van der Waals surface area contributed by atoms with Crippen molar-refractivity contribution in [2.24, 2.45) is 0 Å². The Labute approximate surface area is 176 Å². The number of likely N-dealkylation sites (tertiary alicyclic amines) is 1. The molecule has 2 aromatic rings. The fourth-order valence-electron chi connectivity index (χ4n) is 6.74. The van der Waals surface area contributed by atoms with Gasteiger partial charge in [-0.2, -0.15) is 0 Å². The van der Waals surface area contributed by atoms with Gasteiger partial charge in [0.2, 0.25) is 0 Å². The Morgan fingerprint density at radius 1 is 1.17 bits per heavy atom. The highest BCUT2D eigenvalue weighted by Gasteiger charge is 2.74. The number of carbonyl (C=O) groups is 1. The van der Waals surface area contributed by atoms with E-state index in [0.717, 1.165) is 42.9 Å². The molecule has 2 bridgehead atoms. The van der Waals surface area contributed by atoms with Crippen LogP contribution in [0.2, 0.25) is 0 Å². The van der Waals surface area contributed by atoms with Gasteiger partial charge < -0.3 is 19.1 Å². The summed E-state index contributed by atoms with van der Waals surface area (Å²) in [4.78, 5) is 15.6. The lowest BCUT2D eigenvalue weighted by Gasteiger charge is -2.64. The maximum Gasteiger partial charge on any atom is 0.174 e. The van der Waals surface area contributed by atoms with Crippen LogP contribution in [0.3, 0.4) is 0 Å². The molecule has 1 unspecified atom stereocenters. The average Bonchev–Trinajstić information content (AvgIpc) is 3.13. The average molecular weight is 405 g/mol. The van der Waals surface area contributed by atoms with Crippen LogP contribution in [0, 0.1) is 0 Å². The molecule has 4 aliphatic rings. The van der Waals surface area contributed by atoms with Crippen LogP contribution in [-0.4, -0.2) is 49.1 Å². The van der Waals surface area contributed by atoms with Crippen molar-refractivity contribution in [2.45, 2.75) is 55.5 Å². The second-order valence-electron chi connectivity index (χ2n) is 9.18. The highest BCUT2D eigenvalue weighted by atomic mass is 16.5. The standard InChI is InChI=1S/C25H27NO4/c1-26-13-12-24-21-17-8-9-19(28-2)22(21)30-23(24)18(27)10-11-25(24,20(26)14-17)29-15-16-6-4-3-5-7-16/h3-9,20,23H,10-15H2,1-2H3/t20-,23?,24+,25-/m1/s1. The van der Waals surface area contributed by atoms with Crippen LogP contribution in [0.25, 0.3) is 0 Å². The summed E-state index contributed by atoms with van der Waals surface area (Å²) in [7, 11) is 3.87. The van der Waals surface area contributed by atoms with Crippen molar-refractivity contribution in [1.29, 1.82) is 0 Å². The molecule has 5 heteroatoms. The third-order valence-corrected chi connectivity index (χ3v) is 8.03. The molecule has 2 aliphatic heterocycles. The van der Waals surface area contributed by atoms with E-state index in [1.54, 1.807) is 7.11 Å². The largest absolute Gasteiger partial charge is 0.493 e. The molecule has 0 radical (unpaired) electrons. The third-order valence-electron chi connectivity index (χ3n) is 8.03. The van der Waals surface area contributed by atoms with Crippen LogP contribution in [0.4, 0.5) is 0 Å². The normalized spacial score (nSPS) is 33.7. The van der Waals surface area contributed by atoms with E-state index >= 15 is 0 Å². The van der Waals surface area contributed by atoms with Gasteiger partial charge in [0.05, 0.1) is 24.7 Å². The van der Waals surface area contributed by atoms with E-state index in [1.165, 1.54) is 11.1 Å². The number of Topliss-reactive ketones (excluding diaryl/α,β-unsaturated/α-hetero) is 1. The van der Waals surface area contributed by atoms with Gasteiger partial charge in [-0.25, -0.2) is 0 Å². The molecular formula is C25H27NO4. The van der Waals surface area contributed by atoms with Gasteiger partial charge >= 0.3 is 0 Å². The lowest BCUT2D eigenvalue weighted by Crippen LogP contribution is -2.76. The summed E-state index contributed by atoms with van der Waals surface area (Å²) >= 11 is 0. The van der Waals surface area contributed by atoms with Gasteiger partial charge in [0.1, 0.15) is 0 Å². The van der Waals surface area contributed by atoms with Gasteiger partial charge in [-0.15, -0.1) is 0 Å². The number of likely N-dealkylation sites (N-methyl/N-ethyl adjacent to an activating group) is 1. The number of hydrogen-bond acceptors (Lipinski definition) is 5.